The van der Waals surface area contributed by atoms with E-state index in [9.17, 15) is 5.11 Å². The highest BCUT2D eigenvalue weighted by Crippen LogP contribution is 2.35. The van der Waals surface area contributed by atoms with Crippen LogP contribution in [0.1, 0.15) is 19.3 Å². The van der Waals surface area contributed by atoms with E-state index in [0.717, 1.165) is 6.42 Å². The lowest BCUT2D eigenvalue weighted by Gasteiger charge is -2.37. The first-order chi connectivity index (χ1) is 5.72. The smallest absolute Gasteiger partial charge is 0.170 e. The van der Waals surface area contributed by atoms with Gasteiger partial charge in [-0.1, -0.05) is 0 Å². The molecular weight excluding hydrogens is 158 g/mol. The first-order valence-electron chi connectivity index (χ1n) is 4.43. The number of hydrogen-bond donors (Lipinski definition) is 2. The number of hydrogen-bond acceptors (Lipinski definition) is 4. The van der Waals surface area contributed by atoms with Crippen LogP contribution in [0.4, 0.5) is 0 Å². The monoisotopic (exact) mass is 173 g/mol. The molecule has 0 aromatic carbocycles. The number of aliphatic hydroxyl groups is 1. The van der Waals surface area contributed by atoms with Gasteiger partial charge in [0.25, 0.3) is 0 Å². The normalized spacial score (nSPS) is 40.5. The van der Waals surface area contributed by atoms with E-state index in [4.69, 9.17) is 15.2 Å². The maximum absolute atomic E-state index is 9.39. The molecule has 0 unspecified atom stereocenters. The van der Waals surface area contributed by atoms with Crippen LogP contribution in [0.25, 0.3) is 0 Å². The van der Waals surface area contributed by atoms with Gasteiger partial charge in [0.2, 0.25) is 0 Å². The Morgan fingerprint density at radius 1 is 1.33 bits per heavy atom. The minimum atomic E-state index is -0.460. The Hall–Kier alpha value is -0.160. The Labute approximate surface area is 71.6 Å². The predicted octanol–water partition coefficient (Wildman–Crippen LogP) is -0.398. The molecule has 2 atom stereocenters. The zero-order valence-corrected chi connectivity index (χ0v) is 7.03. The molecule has 4 nitrogen and oxygen atoms in total. The molecule has 0 radical (unpaired) electrons. The number of rotatable bonds is 0. The molecule has 1 heterocycles. The molecular formula is C8H15NO3. The average molecular weight is 173 g/mol. The summed E-state index contributed by atoms with van der Waals surface area (Å²) >= 11 is 0. The molecule has 1 spiro atoms. The number of aliphatic hydroxyl groups excluding tert-OH is 1. The molecule has 70 valence electrons. The van der Waals surface area contributed by atoms with Crippen LogP contribution in [0.3, 0.4) is 0 Å². The Balaban J connectivity index is 2.01. The van der Waals surface area contributed by atoms with Crippen molar-refractivity contribution in [2.24, 2.45) is 5.73 Å². The molecule has 2 fully saturated rings. The lowest BCUT2D eigenvalue weighted by atomic mass is 9.88. The van der Waals surface area contributed by atoms with Crippen molar-refractivity contribution in [1.29, 1.82) is 0 Å². The maximum Gasteiger partial charge on any atom is 0.170 e. The van der Waals surface area contributed by atoms with Crippen molar-refractivity contribution >= 4 is 0 Å². The summed E-state index contributed by atoms with van der Waals surface area (Å²) < 4.78 is 11.0. The van der Waals surface area contributed by atoms with Crippen molar-refractivity contribution in [3.8, 4) is 0 Å². The molecule has 1 aliphatic heterocycles. The third-order valence-electron chi connectivity index (χ3n) is 2.68. The first kappa shape index (κ1) is 8.44. The van der Waals surface area contributed by atoms with Crippen LogP contribution in [0.15, 0.2) is 0 Å². The summed E-state index contributed by atoms with van der Waals surface area (Å²) in [6.07, 6.45) is 1.68. The first-order valence-corrected chi connectivity index (χ1v) is 4.43. The second kappa shape index (κ2) is 2.96. The van der Waals surface area contributed by atoms with Crippen molar-refractivity contribution in [1.82, 2.24) is 0 Å². The highest BCUT2D eigenvalue weighted by Gasteiger charge is 2.43. The van der Waals surface area contributed by atoms with Gasteiger partial charge in [-0.25, -0.2) is 0 Å². The van der Waals surface area contributed by atoms with Gasteiger partial charge in [-0.3, -0.25) is 0 Å². The maximum atomic E-state index is 9.39. The van der Waals surface area contributed by atoms with E-state index < -0.39 is 5.79 Å². The Kier molecular flexibility index (Phi) is 2.08. The van der Waals surface area contributed by atoms with E-state index in [1.54, 1.807) is 0 Å². The molecule has 12 heavy (non-hydrogen) atoms. The molecule has 3 N–H and O–H groups in total. The summed E-state index contributed by atoms with van der Waals surface area (Å²) in [6.45, 7) is 1.31. The van der Waals surface area contributed by atoms with Crippen LogP contribution in [-0.2, 0) is 9.47 Å². The molecule has 1 saturated carbocycles. The highest BCUT2D eigenvalue weighted by molar-refractivity contribution is 4.89. The highest BCUT2D eigenvalue weighted by atomic mass is 16.7. The quantitative estimate of drug-likeness (QED) is 0.523. The molecule has 1 aliphatic carbocycles. The minimum Gasteiger partial charge on any atom is -0.392 e. The fraction of sp³-hybridized carbons (Fsp3) is 1.00. The molecule has 2 rings (SSSR count). The topological polar surface area (TPSA) is 64.7 Å². The Morgan fingerprint density at radius 3 is 2.58 bits per heavy atom. The van der Waals surface area contributed by atoms with E-state index in [1.165, 1.54) is 0 Å². The number of ether oxygens (including phenoxy) is 2. The van der Waals surface area contributed by atoms with Crippen molar-refractivity contribution in [2.45, 2.75) is 37.2 Å². The summed E-state index contributed by atoms with van der Waals surface area (Å²) in [5.74, 6) is -0.460. The summed E-state index contributed by atoms with van der Waals surface area (Å²) in [5, 5.41) is 9.39. The lowest BCUT2D eigenvalue weighted by molar-refractivity contribution is -0.191. The fourth-order valence-electron chi connectivity index (χ4n) is 1.94. The third kappa shape index (κ3) is 1.35. The van der Waals surface area contributed by atoms with Crippen molar-refractivity contribution in [3.05, 3.63) is 0 Å². The van der Waals surface area contributed by atoms with E-state index in [-0.39, 0.29) is 12.1 Å². The molecule has 1 saturated heterocycles. The van der Waals surface area contributed by atoms with Crippen LogP contribution >= 0.6 is 0 Å². The van der Waals surface area contributed by atoms with Gasteiger partial charge >= 0.3 is 0 Å². The average Bonchev–Trinajstić information content (AvgIpc) is 2.47. The van der Waals surface area contributed by atoms with Crippen LogP contribution in [0.5, 0.6) is 0 Å². The fourth-order valence-corrected chi connectivity index (χ4v) is 1.94. The van der Waals surface area contributed by atoms with E-state index in [2.05, 4.69) is 0 Å². The summed E-state index contributed by atoms with van der Waals surface area (Å²) in [4.78, 5) is 0. The van der Waals surface area contributed by atoms with Gasteiger partial charge in [0, 0.05) is 18.9 Å². The van der Waals surface area contributed by atoms with E-state index in [0.29, 0.717) is 26.1 Å². The van der Waals surface area contributed by atoms with E-state index in [1.807, 2.05) is 0 Å². The van der Waals surface area contributed by atoms with E-state index >= 15 is 0 Å². The molecule has 0 aromatic heterocycles. The minimum absolute atomic E-state index is 0.197. The summed E-state index contributed by atoms with van der Waals surface area (Å²) in [7, 11) is 0. The third-order valence-corrected chi connectivity index (χ3v) is 2.68. The van der Waals surface area contributed by atoms with Crippen LogP contribution < -0.4 is 5.73 Å². The molecule has 4 heteroatoms. The largest absolute Gasteiger partial charge is 0.392 e. The van der Waals surface area contributed by atoms with Crippen LogP contribution in [0, 0.1) is 0 Å². The molecule has 0 amide bonds. The molecule has 0 bridgehead atoms. The molecule has 0 aromatic rings. The Bertz CT molecular complexity index is 168. The van der Waals surface area contributed by atoms with Gasteiger partial charge in [-0.2, -0.15) is 0 Å². The van der Waals surface area contributed by atoms with Gasteiger partial charge in [0.05, 0.1) is 19.3 Å². The second-order valence-electron chi connectivity index (χ2n) is 3.58. The van der Waals surface area contributed by atoms with Gasteiger partial charge in [-0.05, 0) is 6.42 Å². The van der Waals surface area contributed by atoms with Crippen LogP contribution in [-0.4, -0.2) is 36.3 Å². The number of nitrogens with two attached hydrogens (primary N) is 1. The standard InChI is InChI=1S/C8H15NO3/c9-6-5-8(2-1-7(6)10)11-3-4-12-8/h6-7,10H,1-5,9H2/t6-,7-/m0/s1. The van der Waals surface area contributed by atoms with Crippen molar-refractivity contribution in [3.63, 3.8) is 0 Å². The van der Waals surface area contributed by atoms with Crippen molar-refractivity contribution < 1.29 is 14.6 Å². The zero-order chi connectivity index (χ0) is 8.60. The summed E-state index contributed by atoms with van der Waals surface area (Å²) in [6, 6.07) is -0.197. The van der Waals surface area contributed by atoms with Gasteiger partial charge in [0.1, 0.15) is 0 Å². The zero-order valence-electron chi connectivity index (χ0n) is 7.03. The van der Waals surface area contributed by atoms with Crippen molar-refractivity contribution in [2.75, 3.05) is 13.2 Å². The predicted molar refractivity (Wildman–Crippen MR) is 42.5 cm³/mol. The van der Waals surface area contributed by atoms with Gasteiger partial charge in [-0.15, -0.1) is 0 Å². The van der Waals surface area contributed by atoms with Gasteiger partial charge in [0.15, 0.2) is 5.79 Å². The molecule has 2 aliphatic rings. The van der Waals surface area contributed by atoms with Crippen LogP contribution in [0.2, 0.25) is 0 Å². The second-order valence-corrected chi connectivity index (χ2v) is 3.58. The Morgan fingerprint density at radius 2 is 2.00 bits per heavy atom. The van der Waals surface area contributed by atoms with Gasteiger partial charge < -0.3 is 20.3 Å². The lowest BCUT2D eigenvalue weighted by Crippen LogP contribution is -2.49. The SMILES string of the molecule is N[C@H]1CC2(CC[C@@H]1O)OCCO2. The summed E-state index contributed by atoms with van der Waals surface area (Å²) in [5.41, 5.74) is 5.72.